The van der Waals surface area contributed by atoms with Crippen molar-refractivity contribution in [2.24, 2.45) is 0 Å². The maximum Gasteiger partial charge on any atom is 0.237 e. The topological polar surface area (TPSA) is 58.6 Å². The van der Waals surface area contributed by atoms with Crippen LogP contribution in [0.5, 0.6) is 0 Å². The van der Waals surface area contributed by atoms with E-state index in [0.717, 1.165) is 67.4 Å². The van der Waals surface area contributed by atoms with Crippen LogP contribution >= 0.6 is 11.8 Å². The summed E-state index contributed by atoms with van der Waals surface area (Å²) >= 11 is 1.53. The summed E-state index contributed by atoms with van der Waals surface area (Å²) in [5, 5.41) is 1.91. The van der Waals surface area contributed by atoms with E-state index >= 15 is 0 Å². The Kier molecular flexibility index (Phi) is 7.36. The van der Waals surface area contributed by atoms with Gasteiger partial charge in [0.1, 0.15) is 10.9 Å². The molecule has 0 N–H and O–H groups in total. The zero-order chi connectivity index (χ0) is 20.8. The highest BCUT2D eigenvalue weighted by Crippen LogP contribution is 2.27. The zero-order valence-corrected chi connectivity index (χ0v) is 18.5. The molecule has 2 aliphatic rings. The van der Waals surface area contributed by atoms with Gasteiger partial charge in [0.25, 0.3) is 0 Å². The molecule has 1 amide bonds. The first kappa shape index (κ1) is 21.3. The molecule has 4 rings (SSSR count). The highest BCUT2D eigenvalue weighted by molar-refractivity contribution is 8.00. The number of para-hydroxylation sites is 1. The number of thioether (sulfide) groups is 1. The number of amides is 1. The van der Waals surface area contributed by atoms with Crippen LogP contribution < -0.4 is 0 Å². The third kappa shape index (κ3) is 5.20. The molecule has 1 aromatic heterocycles. The van der Waals surface area contributed by atoms with E-state index in [4.69, 9.17) is 14.7 Å². The summed E-state index contributed by atoms with van der Waals surface area (Å²) in [4.78, 5) is 26.9. The molecule has 0 atom stereocenters. The molecule has 7 heteroatoms. The SMILES string of the molecule is CCN(C(=O)CSc1nc(CN2CCOCC2)nc2ccccc12)C1=CCCCC1. The number of carbonyl (C=O) groups excluding carboxylic acids is 1. The van der Waals surface area contributed by atoms with Crippen molar-refractivity contribution in [2.75, 3.05) is 38.6 Å². The lowest BCUT2D eigenvalue weighted by atomic mass is 10.0. The van der Waals surface area contributed by atoms with E-state index in [1.54, 1.807) is 0 Å². The predicted molar refractivity (Wildman–Crippen MR) is 120 cm³/mol. The zero-order valence-electron chi connectivity index (χ0n) is 17.7. The molecule has 160 valence electrons. The summed E-state index contributed by atoms with van der Waals surface area (Å²) in [5.41, 5.74) is 2.13. The van der Waals surface area contributed by atoms with Crippen molar-refractivity contribution in [1.82, 2.24) is 19.8 Å². The Morgan fingerprint density at radius 2 is 2.03 bits per heavy atom. The third-order valence-corrected chi connectivity index (χ3v) is 6.62. The van der Waals surface area contributed by atoms with Crippen molar-refractivity contribution in [3.8, 4) is 0 Å². The molecule has 1 aliphatic heterocycles. The van der Waals surface area contributed by atoms with Crippen molar-refractivity contribution >= 4 is 28.6 Å². The largest absolute Gasteiger partial charge is 0.379 e. The van der Waals surface area contributed by atoms with Gasteiger partial charge in [-0.1, -0.05) is 36.0 Å². The average Bonchev–Trinajstić information content (AvgIpc) is 2.79. The van der Waals surface area contributed by atoms with Gasteiger partial charge in [-0.3, -0.25) is 9.69 Å². The number of hydrogen-bond donors (Lipinski definition) is 0. The van der Waals surface area contributed by atoms with Crippen LogP contribution in [0.15, 0.2) is 41.1 Å². The molecule has 1 fully saturated rings. The van der Waals surface area contributed by atoms with Crippen molar-refractivity contribution < 1.29 is 9.53 Å². The van der Waals surface area contributed by atoms with Crippen LogP contribution in [-0.4, -0.2) is 64.3 Å². The number of rotatable bonds is 7. The third-order valence-electron chi connectivity index (χ3n) is 5.65. The van der Waals surface area contributed by atoms with Gasteiger partial charge in [0, 0.05) is 30.7 Å². The van der Waals surface area contributed by atoms with Crippen molar-refractivity contribution in [3.63, 3.8) is 0 Å². The van der Waals surface area contributed by atoms with Gasteiger partial charge in [-0.05, 0) is 38.7 Å². The second kappa shape index (κ2) is 10.4. The molecular formula is C23H30N4O2S. The normalized spacial score (nSPS) is 17.7. The van der Waals surface area contributed by atoms with Crippen LogP contribution in [0.25, 0.3) is 10.9 Å². The van der Waals surface area contributed by atoms with E-state index in [1.165, 1.54) is 30.3 Å². The summed E-state index contributed by atoms with van der Waals surface area (Å²) in [7, 11) is 0. The van der Waals surface area contributed by atoms with E-state index in [0.29, 0.717) is 12.3 Å². The van der Waals surface area contributed by atoms with Crippen molar-refractivity contribution in [3.05, 3.63) is 41.9 Å². The lowest BCUT2D eigenvalue weighted by Crippen LogP contribution is -2.36. The second-order valence-corrected chi connectivity index (χ2v) is 8.68. The van der Waals surface area contributed by atoms with Crippen LogP contribution in [0.4, 0.5) is 0 Å². The molecule has 0 bridgehead atoms. The minimum Gasteiger partial charge on any atom is -0.379 e. The Morgan fingerprint density at radius 3 is 2.80 bits per heavy atom. The molecule has 2 aromatic rings. The Labute approximate surface area is 182 Å². The molecular weight excluding hydrogens is 396 g/mol. The Morgan fingerprint density at radius 1 is 1.20 bits per heavy atom. The molecule has 1 aromatic carbocycles. The number of fused-ring (bicyclic) bond motifs is 1. The van der Waals surface area contributed by atoms with Crippen molar-refractivity contribution in [1.29, 1.82) is 0 Å². The Hall–Kier alpha value is -1.96. The first-order valence-electron chi connectivity index (χ1n) is 10.9. The fraction of sp³-hybridized carbons (Fsp3) is 0.522. The molecule has 6 nitrogen and oxygen atoms in total. The number of morpholine rings is 1. The highest BCUT2D eigenvalue weighted by Gasteiger charge is 2.20. The molecule has 0 spiro atoms. The number of allylic oxidation sites excluding steroid dienone is 2. The van der Waals surface area contributed by atoms with Crippen LogP contribution in [0.3, 0.4) is 0 Å². The number of nitrogens with zero attached hydrogens (tertiary/aromatic N) is 4. The monoisotopic (exact) mass is 426 g/mol. The maximum atomic E-state index is 13.0. The number of carbonyl (C=O) groups is 1. The quantitative estimate of drug-likeness (QED) is 0.495. The summed E-state index contributed by atoms with van der Waals surface area (Å²) in [5.74, 6) is 1.37. The predicted octanol–water partition coefficient (Wildman–Crippen LogP) is 3.86. The van der Waals surface area contributed by atoms with Gasteiger partial charge in [-0.2, -0.15) is 0 Å². The van der Waals surface area contributed by atoms with Gasteiger partial charge in [0.05, 0.1) is 31.0 Å². The van der Waals surface area contributed by atoms with Crippen LogP contribution in [-0.2, 0) is 16.1 Å². The highest BCUT2D eigenvalue weighted by atomic mass is 32.2. The summed E-state index contributed by atoms with van der Waals surface area (Å²) in [6.07, 6.45) is 6.71. The van der Waals surface area contributed by atoms with E-state index in [-0.39, 0.29) is 5.91 Å². The lowest BCUT2D eigenvalue weighted by Gasteiger charge is -2.26. The van der Waals surface area contributed by atoms with E-state index in [2.05, 4.69) is 17.9 Å². The fourth-order valence-corrected chi connectivity index (χ4v) is 4.96. The van der Waals surface area contributed by atoms with Crippen LogP contribution in [0.1, 0.15) is 38.4 Å². The van der Waals surface area contributed by atoms with Crippen molar-refractivity contribution in [2.45, 2.75) is 44.2 Å². The van der Waals surface area contributed by atoms with Gasteiger partial charge < -0.3 is 9.64 Å². The molecule has 0 radical (unpaired) electrons. The Bertz CT molecular complexity index is 911. The minimum absolute atomic E-state index is 0.160. The molecule has 1 saturated heterocycles. The van der Waals surface area contributed by atoms with E-state index in [1.807, 2.05) is 29.2 Å². The maximum absolute atomic E-state index is 13.0. The van der Waals surface area contributed by atoms with Crippen LogP contribution in [0, 0.1) is 0 Å². The summed E-state index contributed by atoms with van der Waals surface area (Å²) < 4.78 is 5.45. The number of hydrogen-bond acceptors (Lipinski definition) is 6. The van der Waals surface area contributed by atoms with Gasteiger partial charge in [0.15, 0.2) is 0 Å². The second-order valence-electron chi connectivity index (χ2n) is 7.72. The van der Waals surface area contributed by atoms with E-state index < -0.39 is 0 Å². The molecule has 0 unspecified atom stereocenters. The number of aromatic nitrogens is 2. The van der Waals surface area contributed by atoms with Gasteiger partial charge >= 0.3 is 0 Å². The minimum atomic E-state index is 0.160. The van der Waals surface area contributed by atoms with Crippen LogP contribution in [0.2, 0.25) is 0 Å². The number of benzene rings is 1. The average molecular weight is 427 g/mol. The number of ether oxygens (including phenoxy) is 1. The van der Waals surface area contributed by atoms with E-state index in [9.17, 15) is 4.79 Å². The molecule has 2 heterocycles. The lowest BCUT2D eigenvalue weighted by molar-refractivity contribution is -0.126. The van der Waals surface area contributed by atoms with Gasteiger partial charge in [-0.15, -0.1) is 0 Å². The molecule has 0 saturated carbocycles. The molecule has 30 heavy (non-hydrogen) atoms. The Balaban J connectivity index is 1.50. The fourth-order valence-electron chi connectivity index (χ4n) is 4.05. The summed E-state index contributed by atoms with van der Waals surface area (Å²) in [6, 6.07) is 8.07. The smallest absolute Gasteiger partial charge is 0.237 e. The van der Waals surface area contributed by atoms with Gasteiger partial charge in [-0.25, -0.2) is 9.97 Å². The summed E-state index contributed by atoms with van der Waals surface area (Å²) in [6.45, 7) is 6.80. The first-order valence-corrected chi connectivity index (χ1v) is 11.9. The first-order chi connectivity index (χ1) is 14.7. The molecule has 1 aliphatic carbocycles. The van der Waals surface area contributed by atoms with Gasteiger partial charge in [0.2, 0.25) is 5.91 Å². The standard InChI is InChI=1S/C23H30N4O2S/c1-2-27(18-8-4-3-5-9-18)22(28)17-30-23-19-10-6-7-11-20(19)24-21(25-23)16-26-12-14-29-15-13-26/h6-8,10-11H,2-5,9,12-17H2,1H3.